The molecule has 3 fully saturated rings. The van der Waals surface area contributed by atoms with Crippen LogP contribution in [0.3, 0.4) is 0 Å². The maximum Gasteiger partial charge on any atom is 2.00 e. The molecule has 6 atom stereocenters. The summed E-state index contributed by atoms with van der Waals surface area (Å²) in [6.45, 7) is 0. The van der Waals surface area contributed by atoms with E-state index in [4.69, 9.17) is 72.9 Å². The van der Waals surface area contributed by atoms with E-state index in [0.29, 0.717) is 36.3 Å². The fraction of sp³-hybridized carbons (Fsp3) is 1.00. The van der Waals surface area contributed by atoms with Gasteiger partial charge in [-0.2, -0.15) is 15.6 Å². The van der Waals surface area contributed by atoms with Crippen molar-refractivity contribution in [3.8, 4) is 0 Å². The van der Waals surface area contributed by atoms with Crippen molar-refractivity contribution >= 4 is 15.6 Å². The van der Waals surface area contributed by atoms with Gasteiger partial charge in [0.1, 0.15) is 0 Å². The van der Waals surface area contributed by atoms with Crippen LogP contribution < -0.4 is 63.8 Å². The summed E-state index contributed by atoms with van der Waals surface area (Å²) in [7, 11) is -10.8. The van der Waals surface area contributed by atoms with Crippen LogP contribution in [0.25, 0.3) is 0 Å². The topological polar surface area (TPSA) is 329 Å². The Kier molecular flexibility index (Phi) is 32.6. The minimum atomic E-state index is -5.39. The van der Waals surface area contributed by atoms with Crippen molar-refractivity contribution in [1.29, 1.82) is 0 Å². The van der Waals surface area contributed by atoms with Gasteiger partial charge in [0.2, 0.25) is 0 Å². The van der Waals surface area contributed by atoms with Gasteiger partial charge in [-0.3, -0.25) is 0 Å². The molecule has 19 heteroatoms. The van der Waals surface area contributed by atoms with E-state index >= 15 is 0 Å². The third-order valence-electron chi connectivity index (χ3n) is 4.87. The molecule has 3 aliphatic rings. The van der Waals surface area contributed by atoms with Crippen LogP contribution in [0, 0.1) is 0 Å². The van der Waals surface area contributed by atoms with Gasteiger partial charge in [0, 0.05) is 36.3 Å². The molecule has 0 spiro atoms. The van der Waals surface area contributed by atoms with Crippen molar-refractivity contribution in [2.45, 2.75) is 94.0 Å². The summed E-state index contributed by atoms with van der Waals surface area (Å²) in [5.74, 6) is 0. The molecular formula is C15H36N6O8P2Pt3. The van der Waals surface area contributed by atoms with Crippen LogP contribution in [0.15, 0.2) is 0 Å². The van der Waals surface area contributed by atoms with Gasteiger partial charge in [0.15, 0.2) is 0 Å². The van der Waals surface area contributed by atoms with Gasteiger partial charge in [0.05, 0.1) is 0 Å². The Morgan fingerprint density at radius 1 is 0.412 bits per heavy atom. The fourth-order valence-electron chi connectivity index (χ4n) is 3.05. The van der Waals surface area contributed by atoms with Crippen LogP contribution in [0.2, 0.25) is 0 Å². The summed E-state index contributed by atoms with van der Waals surface area (Å²) < 4.78 is 17.1. The SMILES string of the molecule is N[C@@H]1CCC[C@H]1N.N[C@@H]1CCC[C@H]1N.N[C@@H]1CCC[C@H]1N.O=P([O-])([O-])[O-].O=P([O-])([O-])[O-].[Pt+2].[Pt+2].[Pt+2]. The predicted molar refractivity (Wildman–Crippen MR) is 105 cm³/mol. The normalized spacial score (nSPS) is 29.4. The van der Waals surface area contributed by atoms with Crippen LogP contribution in [0.1, 0.15) is 57.8 Å². The van der Waals surface area contributed by atoms with Crippen LogP contribution in [-0.2, 0) is 72.3 Å². The molecule has 3 rings (SSSR count). The first-order valence-corrected chi connectivity index (χ1v) is 12.8. The molecule has 34 heavy (non-hydrogen) atoms. The van der Waals surface area contributed by atoms with Gasteiger partial charge < -0.3 is 72.9 Å². The minimum Gasteiger partial charge on any atom is -0.822 e. The molecule has 214 valence electrons. The minimum absolute atomic E-state index is 0. The standard InChI is InChI=1S/3C5H12N2.2H3O4P.3Pt/c3*6-4-2-1-3-5(4)7;2*1-5(2,3)4;;;/h3*4-5H,1-3,6-7H2;2*(H3,1,2,3,4);;;/q;;;;;3*+2/p-6/t3*4-,5-;;;;;/m111...../s1. The fourth-order valence-corrected chi connectivity index (χ4v) is 3.05. The molecular weight excluding hydrogens is 1040 g/mol. The van der Waals surface area contributed by atoms with E-state index in [0.717, 1.165) is 38.5 Å². The van der Waals surface area contributed by atoms with Crippen LogP contribution >= 0.6 is 15.6 Å². The van der Waals surface area contributed by atoms with Crippen molar-refractivity contribution in [2.24, 2.45) is 34.4 Å². The smallest absolute Gasteiger partial charge is 0.822 e. The van der Waals surface area contributed by atoms with Crippen molar-refractivity contribution in [2.75, 3.05) is 0 Å². The van der Waals surface area contributed by atoms with Crippen molar-refractivity contribution in [3.63, 3.8) is 0 Å². The van der Waals surface area contributed by atoms with Gasteiger partial charge >= 0.3 is 63.2 Å². The molecule has 0 aromatic rings. The molecule has 3 aliphatic carbocycles. The quantitative estimate of drug-likeness (QED) is 0.123. The predicted octanol–water partition coefficient (Wildman–Crippen LogP) is -6.18. The summed E-state index contributed by atoms with van der Waals surface area (Å²) in [4.78, 5) is 51.3. The molecule has 0 bridgehead atoms. The first-order chi connectivity index (χ1) is 13.9. The molecule has 3 saturated carbocycles. The zero-order valence-corrected chi connectivity index (χ0v) is 27.0. The van der Waals surface area contributed by atoms with Crippen LogP contribution in [0.4, 0.5) is 0 Å². The van der Waals surface area contributed by atoms with E-state index in [1.54, 1.807) is 0 Å². The molecule has 0 aliphatic heterocycles. The third-order valence-corrected chi connectivity index (χ3v) is 4.87. The maximum absolute atomic E-state index is 8.55. The average Bonchev–Trinajstić information content (AvgIpc) is 3.24. The second-order valence-corrected chi connectivity index (χ2v) is 9.46. The van der Waals surface area contributed by atoms with E-state index in [1.807, 2.05) is 0 Å². The Morgan fingerprint density at radius 3 is 0.529 bits per heavy atom. The summed E-state index contributed by atoms with van der Waals surface area (Å²) >= 11 is 0. The maximum atomic E-state index is 8.55. The van der Waals surface area contributed by atoms with E-state index < -0.39 is 15.6 Å². The number of hydrogen-bond donors (Lipinski definition) is 6. The monoisotopic (exact) mass is 1080 g/mol. The number of rotatable bonds is 0. The molecule has 12 N–H and O–H groups in total. The van der Waals surface area contributed by atoms with Gasteiger partial charge in [-0.25, -0.2) is 0 Å². The van der Waals surface area contributed by atoms with Gasteiger partial charge in [-0.1, -0.05) is 19.3 Å². The van der Waals surface area contributed by atoms with Gasteiger partial charge in [0.25, 0.3) is 0 Å². The van der Waals surface area contributed by atoms with Gasteiger partial charge in [-0.05, 0) is 38.5 Å². The summed E-state index contributed by atoms with van der Waals surface area (Å²) in [6, 6.07) is 1.75. The van der Waals surface area contributed by atoms with E-state index in [9.17, 15) is 0 Å². The Hall–Kier alpha value is 2.04. The Bertz CT molecular complexity index is 463. The summed E-state index contributed by atoms with van der Waals surface area (Å²) in [6.07, 6.45) is 10.4. The van der Waals surface area contributed by atoms with Crippen molar-refractivity contribution in [3.05, 3.63) is 0 Å². The molecule has 0 heterocycles. The second kappa shape index (κ2) is 24.1. The largest absolute Gasteiger partial charge is 2.00 e. The van der Waals surface area contributed by atoms with Gasteiger partial charge in [-0.15, -0.1) is 0 Å². The van der Waals surface area contributed by atoms with E-state index in [2.05, 4.69) is 0 Å². The van der Waals surface area contributed by atoms with E-state index in [-0.39, 0.29) is 63.2 Å². The zero-order chi connectivity index (χ0) is 24.8. The van der Waals surface area contributed by atoms with Crippen LogP contribution in [0.5, 0.6) is 0 Å². The Morgan fingerprint density at radius 2 is 0.500 bits per heavy atom. The first kappa shape index (κ1) is 45.9. The van der Waals surface area contributed by atoms with E-state index in [1.165, 1.54) is 19.3 Å². The molecule has 0 radical (unpaired) electrons. The third kappa shape index (κ3) is 36.2. The molecule has 0 amide bonds. The van der Waals surface area contributed by atoms with Crippen molar-refractivity contribution in [1.82, 2.24) is 0 Å². The first-order valence-electron chi connectivity index (χ1n) is 9.91. The number of nitrogens with two attached hydrogens (primary N) is 6. The Labute approximate surface area is 244 Å². The summed E-state index contributed by atoms with van der Waals surface area (Å²) in [5.41, 5.74) is 33.3. The molecule has 14 nitrogen and oxygen atoms in total. The van der Waals surface area contributed by atoms with Crippen molar-refractivity contribution < 1.29 is 102 Å². The zero-order valence-electron chi connectivity index (χ0n) is 18.4. The molecule has 0 aromatic heterocycles. The average molecular weight is 1080 g/mol. The Balaban J connectivity index is -0.000000102. The molecule has 0 unspecified atom stereocenters. The van der Waals surface area contributed by atoms with Crippen LogP contribution in [-0.4, -0.2) is 36.3 Å². The number of hydrogen-bond acceptors (Lipinski definition) is 14. The number of phosphoric acid groups is 2. The molecule has 0 aromatic carbocycles. The second-order valence-electron chi connectivity index (χ2n) is 7.67. The summed E-state index contributed by atoms with van der Waals surface area (Å²) in [5, 5.41) is 0. The molecule has 0 saturated heterocycles.